The molecular weight excluding hydrogens is 368 g/mol. The molecule has 0 bridgehead atoms. The molecule has 1 amide bonds. The zero-order chi connectivity index (χ0) is 19.0. The monoisotopic (exact) mass is 388 g/mol. The minimum Gasteiger partial charge on any atom is -0.408 e. The van der Waals surface area contributed by atoms with Crippen LogP contribution < -0.4 is 5.76 Å². The number of aryl methyl sites for hydroxylation is 2. The van der Waals surface area contributed by atoms with Crippen molar-refractivity contribution in [3.8, 4) is 0 Å². The van der Waals surface area contributed by atoms with Crippen molar-refractivity contribution in [3.05, 3.63) is 51.7 Å². The van der Waals surface area contributed by atoms with E-state index in [9.17, 15) is 9.59 Å². The minimum absolute atomic E-state index is 0.0773. The Balaban J connectivity index is 1.51. The number of carbonyl (C=O) groups is 1. The van der Waals surface area contributed by atoms with Gasteiger partial charge in [0.05, 0.1) is 11.6 Å². The van der Waals surface area contributed by atoms with Gasteiger partial charge in [0.2, 0.25) is 5.91 Å². The third-order valence-corrected chi connectivity index (χ3v) is 5.39. The Hall–Kier alpha value is -2.54. The molecule has 1 aromatic carbocycles. The van der Waals surface area contributed by atoms with Crippen LogP contribution in [0.5, 0.6) is 0 Å². The van der Waals surface area contributed by atoms with Crippen molar-refractivity contribution in [2.45, 2.75) is 38.8 Å². The number of amides is 1. The number of hydrogen-bond donors (Lipinski definition) is 0. The quantitative estimate of drug-likeness (QED) is 0.688. The molecule has 142 valence electrons. The average Bonchev–Trinajstić information content (AvgIpc) is 3.21. The maximum Gasteiger partial charge on any atom is 0.420 e. The summed E-state index contributed by atoms with van der Waals surface area (Å²) in [6.07, 6.45) is 3.79. The number of fused-ring (bicyclic) bond motifs is 1. The molecule has 3 aromatic rings. The van der Waals surface area contributed by atoms with Crippen molar-refractivity contribution in [1.82, 2.24) is 19.2 Å². The average molecular weight is 389 g/mol. The van der Waals surface area contributed by atoms with Gasteiger partial charge in [0.1, 0.15) is 0 Å². The Bertz CT molecular complexity index is 1040. The van der Waals surface area contributed by atoms with Gasteiger partial charge < -0.3 is 9.32 Å². The maximum absolute atomic E-state index is 12.7. The van der Waals surface area contributed by atoms with Crippen LogP contribution in [-0.4, -0.2) is 38.2 Å². The molecule has 0 radical (unpaired) electrons. The van der Waals surface area contributed by atoms with Gasteiger partial charge in [0.15, 0.2) is 5.58 Å². The van der Waals surface area contributed by atoms with Gasteiger partial charge in [0.25, 0.3) is 0 Å². The molecule has 1 aliphatic heterocycles. The standard InChI is InChI=1S/C19H21ClN4O3/c1-13-6-8-21-23(13)10-7-18(25)22-9-2-3-15(12-22)24-16-11-14(20)4-5-17(16)27-19(24)26/h4-6,8,11,15H,2-3,7,9-10,12H2,1H3/t15-/m1/s1. The number of nitrogens with zero attached hydrogens (tertiary/aromatic N) is 4. The number of rotatable bonds is 4. The van der Waals surface area contributed by atoms with E-state index in [2.05, 4.69) is 5.10 Å². The summed E-state index contributed by atoms with van der Waals surface area (Å²) in [6.45, 7) is 3.73. The lowest BCUT2D eigenvalue weighted by Crippen LogP contribution is -2.42. The number of aromatic nitrogens is 3. The van der Waals surface area contributed by atoms with E-state index in [1.54, 1.807) is 29.0 Å². The molecule has 0 saturated carbocycles. The highest BCUT2D eigenvalue weighted by molar-refractivity contribution is 6.31. The first-order chi connectivity index (χ1) is 13.0. The summed E-state index contributed by atoms with van der Waals surface area (Å²) in [5, 5.41) is 4.77. The molecule has 0 aliphatic carbocycles. The molecule has 1 aliphatic rings. The summed E-state index contributed by atoms with van der Waals surface area (Å²) in [7, 11) is 0. The first-order valence-corrected chi connectivity index (χ1v) is 9.47. The number of halogens is 1. The van der Waals surface area contributed by atoms with Gasteiger partial charge >= 0.3 is 5.76 Å². The number of piperidine rings is 1. The fourth-order valence-corrected chi connectivity index (χ4v) is 3.90. The van der Waals surface area contributed by atoms with E-state index in [0.717, 1.165) is 18.5 Å². The van der Waals surface area contributed by atoms with Gasteiger partial charge in [-0.25, -0.2) is 4.79 Å². The van der Waals surface area contributed by atoms with Crippen molar-refractivity contribution in [2.24, 2.45) is 0 Å². The minimum atomic E-state index is -0.404. The third-order valence-electron chi connectivity index (χ3n) is 5.16. The summed E-state index contributed by atoms with van der Waals surface area (Å²) in [5.41, 5.74) is 2.23. The van der Waals surface area contributed by atoms with Gasteiger partial charge in [-0.05, 0) is 44.0 Å². The van der Waals surface area contributed by atoms with Crippen LogP contribution in [0.25, 0.3) is 11.1 Å². The zero-order valence-electron chi connectivity index (χ0n) is 15.1. The van der Waals surface area contributed by atoms with Crippen LogP contribution in [-0.2, 0) is 11.3 Å². The molecule has 1 atom stereocenters. The predicted octanol–water partition coefficient (Wildman–Crippen LogP) is 3.01. The third kappa shape index (κ3) is 3.51. The SMILES string of the molecule is Cc1ccnn1CCC(=O)N1CCC[C@@H](n2c(=O)oc3ccc(Cl)cc32)C1. The lowest BCUT2D eigenvalue weighted by Gasteiger charge is -2.33. The molecule has 1 fully saturated rings. The smallest absolute Gasteiger partial charge is 0.408 e. The summed E-state index contributed by atoms with van der Waals surface area (Å²) < 4.78 is 8.81. The Morgan fingerprint density at radius 1 is 1.37 bits per heavy atom. The van der Waals surface area contributed by atoms with Crippen LogP contribution in [0.4, 0.5) is 0 Å². The van der Waals surface area contributed by atoms with Crippen molar-refractivity contribution in [3.63, 3.8) is 0 Å². The molecule has 27 heavy (non-hydrogen) atoms. The summed E-state index contributed by atoms with van der Waals surface area (Å²) in [4.78, 5) is 26.9. The van der Waals surface area contributed by atoms with Crippen LogP contribution in [0, 0.1) is 6.92 Å². The lowest BCUT2D eigenvalue weighted by molar-refractivity contribution is -0.133. The van der Waals surface area contributed by atoms with E-state index in [0.29, 0.717) is 42.2 Å². The number of likely N-dealkylation sites (tertiary alicyclic amines) is 1. The largest absolute Gasteiger partial charge is 0.420 e. The fraction of sp³-hybridized carbons (Fsp3) is 0.421. The Labute approximate surface area is 161 Å². The second-order valence-electron chi connectivity index (χ2n) is 6.93. The highest BCUT2D eigenvalue weighted by Crippen LogP contribution is 2.27. The van der Waals surface area contributed by atoms with Crippen LogP contribution in [0.1, 0.15) is 31.0 Å². The predicted molar refractivity (Wildman–Crippen MR) is 102 cm³/mol. The van der Waals surface area contributed by atoms with Gasteiger partial charge in [-0.3, -0.25) is 14.0 Å². The molecule has 0 unspecified atom stereocenters. The summed E-state index contributed by atoms with van der Waals surface area (Å²) >= 11 is 6.09. The van der Waals surface area contributed by atoms with Crippen LogP contribution >= 0.6 is 11.6 Å². The number of carbonyl (C=O) groups excluding carboxylic acids is 1. The second-order valence-corrected chi connectivity index (χ2v) is 7.37. The highest BCUT2D eigenvalue weighted by Gasteiger charge is 2.27. The van der Waals surface area contributed by atoms with E-state index in [-0.39, 0.29) is 11.9 Å². The number of oxazole rings is 1. The topological polar surface area (TPSA) is 73.3 Å². The molecule has 0 spiro atoms. The number of benzene rings is 1. The molecule has 4 rings (SSSR count). The van der Waals surface area contributed by atoms with E-state index in [1.165, 1.54) is 0 Å². The fourth-order valence-electron chi connectivity index (χ4n) is 3.74. The molecule has 0 N–H and O–H groups in total. The zero-order valence-corrected chi connectivity index (χ0v) is 15.9. The molecule has 7 nitrogen and oxygen atoms in total. The summed E-state index contributed by atoms with van der Waals surface area (Å²) in [5.74, 6) is -0.327. The van der Waals surface area contributed by atoms with Gasteiger partial charge in [-0.2, -0.15) is 5.10 Å². The number of hydrogen-bond acceptors (Lipinski definition) is 4. The van der Waals surface area contributed by atoms with Gasteiger partial charge in [-0.15, -0.1) is 0 Å². The van der Waals surface area contributed by atoms with Crippen molar-refractivity contribution in [2.75, 3.05) is 13.1 Å². The Morgan fingerprint density at radius 2 is 2.22 bits per heavy atom. The van der Waals surface area contributed by atoms with E-state index >= 15 is 0 Å². The Morgan fingerprint density at radius 3 is 3.00 bits per heavy atom. The highest BCUT2D eigenvalue weighted by atomic mass is 35.5. The van der Waals surface area contributed by atoms with Crippen molar-refractivity contribution >= 4 is 28.6 Å². The molecule has 1 saturated heterocycles. The first kappa shape index (κ1) is 17.9. The first-order valence-electron chi connectivity index (χ1n) is 9.10. The maximum atomic E-state index is 12.7. The molecule has 3 heterocycles. The van der Waals surface area contributed by atoms with Gasteiger partial charge in [0, 0.05) is 43.0 Å². The van der Waals surface area contributed by atoms with E-state index in [4.69, 9.17) is 16.0 Å². The van der Waals surface area contributed by atoms with Crippen molar-refractivity contribution in [1.29, 1.82) is 0 Å². The van der Waals surface area contributed by atoms with Crippen LogP contribution in [0.15, 0.2) is 39.7 Å². The van der Waals surface area contributed by atoms with Gasteiger partial charge in [-0.1, -0.05) is 11.6 Å². The van der Waals surface area contributed by atoms with E-state index < -0.39 is 5.76 Å². The molecule has 2 aromatic heterocycles. The summed E-state index contributed by atoms with van der Waals surface area (Å²) in [6, 6.07) is 6.95. The second kappa shape index (κ2) is 7.23. The van der Waals surface area contributed by atoms with E-state index in [1.807, 2.05) is 22.6 Å². The Kier molecular flexibility index (Phi) is 4.78. The van der Waals surface area contributed by atoms with Crippen LogP contribution in [0.2, 0.25) is 5.02 Å². The molecule has 8 heteroatoms. The van der Waals surface area contributed by atoms with Crippen molar-refractivity contribution < 1.29 is 9.21 Å². The normalized spacial score (nSPS) is 17.6. The van der Waals surface area contributed by atoms with Crippen LogP contribution in [0.3, 0.4) is 0 Å². The molecular formula is C19H21ClN4O3. The lowest BCUT2D eigenvalue weighted by atomic mass is 10.0.